The second-order valence-electron chi connectivity index (χ2n) is 8.92. The highest BCUT2D eigenvalue weighted by molar-refractivity contribution is 5.95. The van der Waals surface area contributed by atoms with Gasteiger partial charge in [0.05, 0.1) is 11.3 Å². The molecule has 0 bridgehead atoms. The molecule has 3 aromatic rings. The predicted molar refractivity (Wildman–Crippen MR) is 127 cm³/mol. The first-order valence-electron chi connectivity index (χ1n) is 12.0. The Morgan fingerprint density at radius 3 is 2.62 bits per heavy atom. The minimum absolute atomic E-state index is 0.0685. The summed E-state index contributed by atoms with van der Waals surface area (Å²) in [6, 6.07) is 7.19. The number of ether oxygens (including phenoxy) is 1. The number of aromatic nitrogens is 2. The van der Waals surface area contributed by atoms with E-state index in [0.717, 1.165) is 38.9 Å². The van der Waals surface area contributed by atoms with Gasteiger partial charge in [-0.05, 0) is 63.5 Å². The van der Waals surface area contributed by atoms with Gasteiger partial charge in [-0.3, -0.25) is 9.20 Å². The van der Waals surface area contributed by atoms with Crippen molar-refractivity contribution in [2.75, 3.05) is 19.6 Å². The summed E-state index contributed by atoms with van der Waals surface area (Å²) in [7, 11) is 0. The molecule has 2 aromatic heterocycles. The highest BCUT2D eigenvalue weighted by Crippen LogP contribution is 2.24. The Morgan fingerprint density at radius 2 is 1.91 bits per heavy atom. The molecule has 1 N–H and O–H groups in total. The number of imidazole rings is 1. The maximum atomic E-state index is 14.0. The molecule has 1 saturated heterocycles. The van der Waals surface area contributed by atoms with E-state index in [1.54, 1.807) is 29.7 Å². The van der Waals surface area contributed by atoms with Gasteiger partial charge < -0.3 is 15.0 Å². The van der Waals surface area contributed by atoms with Gasteiger partial charge in [-0.1, -0.05) is 25.8 Å². The summed E-state index contributed by atoms with van der Waals surface area (Å²) < 4.78 is 35.4. The van der Waals surface area contributed by atoms with Crippen molar-refractivity contribution in [1.29, 1.82) is 0 Å². The first-order chi connectivity index (χ1) is 16.5. The fourth-order valence-electron chi connectivity index (χ4n) is 4.55. The zero-order chi connectivity index (χ0) is 24.1. The van der Waals surface area contributed by atoms with Crippen molar-refractivity contribution in [2.45, 2.75) is 58.6 Å². The van der Waals surface area contributed by atoms with Crippen molar-refractivity contribution in [1.82, 2.24) is 19.6 Å². The number of rotatable bonds is 10. The van der Waals surface area contributed by atoms with Gasteiger partial charge in [-0.15, -0.1) is 0 Å². The molecular weight excluding hydrogens is 438 g/mol. The number of aryl methyl sites for hydroxylation is 1. The normalized spacial score (nSPS) is 15.1. The van der Waals surface area contributed by atoms with Crippen LogP contribution in [0.25, 0.3) is 5.65 Å². The van der Waals surface area contributed by atoms with Crippen LogP contribution in [0.4, 0.5) is 8.78 Å². The average molecular weight is 471 g/mol. The number of nitrogens with one attached hydrogen (secondary N) is 1. The fraction of sp³-hybridized carbons (Fsp3) is 0.462. The van der Waals surface area contributed by atoms with Crippen molar-refractivity contribution < 1.29 is 18.3 Å². The van der Waals surface area contributed by atoms with Crippen LogP contribution in [-0.4, -0.2) is 45.9 Å². The molecule has 0 spiro atoms. The minimum Gasteiger partial charge on any atom is -0.485 e. The molecule has 1 aromatic carbocycles. The maximum absolute atomic E-state index is 14.0. The lowest BCUT2D eigenvalue weighted by molar-refractivity contribution is 0.0917. The van der Waals surface area contributed by atoms with Gasteiger partial charge in [0.1, 0.15) is 23.9 Å². The third-order valence-corrected chi connectivity index (χ3v) is 6.36. The van der Waals surface area contributed by atoms with Crippen molar-refractivity contribution in [3.05, 3.63) is 65.1 Å². The van der Waals surface area contributed by atoms with E-state index in [9.17, 15) is 13.6 Å². The summed E-state index contributed by atoms with van der Waals surface area (Å²) in [6.45, 7) is 6.67. The lowest BCUT2D eigenvalue weighted by Crippen LogP contribution is -2.43. The van der Waals surface area contributed by atoms with Crippen LogP contribution >= 0.6 is 0 Å². The van der Waals surface area contributed by atoms with Gasteiger partial charge >= 0.3 is 0 Å². The van der Waals surface area contributed by atoms with Crippen LogP contribution in [0.15, 0.2) is 36.5 Å². The van der Waals surface area contributed by atoms with E-state index < -0.39 is 11.6 Å². The second kappa shape index (κ2) is 11.0. The largest absolute Gasteiger partial charge is 0.485 e. The fourth-order valence-corrected chi connectivity index (χ4v) is 4.55. The summed E-state index contributed by atoms with van der Waals surface area (Å²) >= 11 is 0. The number of hydrogen-bond acceptors (Lipinski definition) is 4. The molecule has 34 heavy (non-hydrogen) atoms. The average Bonchev–Trinajstić information content (AvgIpc) is 3.44. The molecule has 3 heterocycles. The van der Waals surface area contributed by atoms with Gasteiger partial charge in [-0.25, -0.2) is 13.8 Å². The third-order valence-electron chi connectivity index (χ3n) is 6.36. The molecule has 0 radical (unpaired) electrons. The van der Waals surface area contributed by atoms with Crippen molar-refractivity contribution in [3.63, 3.8) is 0 Å². The molecule has 8 heteroatoms. The molecule has 182 valence electrons. The molecule has 1 atom stereocenters. The van der Waals surface area contributed by atoms with Crippen molar-refractivity contribution >= 4 is 11.6 Å². The monoisotopic (exact) mass is 470 g/mol. The Balaban J connectivity index is 1.54. The van der Waals surface area contributed by atoms with E-state index in [-0.39, 0.29) is 24.1 Å². The van der Waals surface area contributed by atoms with Crippen LogP contribution < -0.4 is 10.1 Å². The standard InChI is InChI=1S/C26H32F2N4O2/c1-3-4-9-19(16-31-13-5-6-14-31)30-26(33)24-18(2)29-25-23(12-8-15-32(24)25)34-17-20-21(27)10-7-11-22(20)28/h7-8,10-12,15,19H,3-6,9,13-14,16-17H2,1-2H3,(H,30,33)/t19-/m1/s1. The number of nitrogens with zero attached hydrogens (tertiary/aromatic N) is 3. The number of unbranched alkanes of at least 4 members (excludes halogenated alkanes) is 1. The van der Waals surface area contributed by atoms with Crippen LogP contribution in [0.3, 0.4) is 0 Å². The Kier molecular flexibility index (Phi) is 7.77. The van der Waals surface area contributed by atoms with Gasteiger partial charge in [0.25, 0.3) is 5.91 Å². The number of benzene rings is 1. The summed E-state index contributed by atoms with van der Waals surface area (Å²) in [5.74, 6) is -1.15. The number of likely N-dealkylation sites (tertiary alicyclic amines) is 1. The molecule has 0 aliphatic carbocycles. The van der Waals surface area contributed by atoms with E-state index in [1.165, 1.54) is 31.0 Å². The SMILES string of the molecule is CCCC[C@H](CN1CCCC1)NC(=O)c1c(C)nc2c(OCc3c(F)cccc3F)cccn12. The number of fused-ring (bicyclic) bond motifs is 1. The first kappa shape index (κ1) is 24.1. The maximum Gasteiger partial charge on any atom is 0.270 e. The third kappa shape index (κ3) is 5.38. The van der Waals surface area contributed by atoms with E-state index in [2.05, 4.69) is 22.1 Å². The zero-order valence-corrected chi connectivity index (χ0v) is 19.8. The lowest BCUT2D eigenvalue weighted by atomic mass is 10.1. The van der Waals surface area contributed by atoms with Crippen LogP contribution in [0.2, 0.25) is 0 Å². The van der Waals surface area contributed by atoms with Crippen LogP contribution in [0, 0.1) is 18.6 Å². The van der Waals surface area contributed by atoms with Gasteiger partial charge in [0, 0.05) is 18.8 Å². The molecule has 0 unspecified atom stereocenters. The minimum atomic E-state index is -0.664. The Morgan fingerprint density at radius 1 is 1.18 bits per heavy atom. The molecule has 1 amide bonds. The number of carbonyl (C=O) groups excluding carboxylic acids is 1. The predicted octanol–water partition coefficient (Wildman–Crippen LogP) is 4.88. The Hall–Kier alpha value is -3.00. The highest BCUT2D eigenvalue weighted by atomic mass is 19.1. The van der Waals surface area contributed by atoms with Gasteiger partial charge in [0.2, 0.25) is 0 Å². The van der Waals surface area contributed by atoms with E-state index in [0.29, 0.717) is 22.8 Å². The van der Waals surface area contributed by atoms with Crippen LogP contribution in [-0.2, 0) is 6.61 Å². The topological polar surface area (TPSA) is 58.9 Å². The number of pyridine rings is 1. The molecule has 1 aliphatic heterocycles. The molecule has 1 fully saturated rings. The summed E-state index contributed by atoms with van der Waals surface area (Å²) in [6.07, 6.45) is 7.22. The van der Waals surface area contributed by atoms with Crippen LogP contribution in [0.5, 0.6) is 5.75 Å². The molecular formula is C26H32F2N4O2. The van der Waals surface area contributed by atoms with E-state index in [1.807, 2.05) is 0 Å². The molecule has 0 saturated carbocycles. The Bertz CT molecular complexity index is 1120. The van der Waals surface area contributed by atoms with Crippen molar-refractivity contribution in [2.24, 2.45) is 0 Å². The van der Waals surface area contributed by atoms with Crippen LogP contribution in [0.1, 0.15) is 60.8 Å². The number of halogens is 2. The summed E-state index contributed by atoms with van der Waals surface area (Å²) in [5.41, 5.74) is 1.31. The zero-order valence-electron chi connectivity index (χ0n) is 19.8. The van der Waals surface area contributed by atoms with E-state index >= 15 is 0 Å². The summed E-state index contributed by atoms with van der Waals surface area (Å²) in [4.78, 5) is 20.3. The lowest BCUT2D eigenvalue weighted by Gasteiger charge is -2.24. The second-order valence-corrected chi connectivity index (χ2v) is 8.92. The summed E-state index contributed by atoms with van der Waals surface area (Å²) in [5, 5.41) is 3.22. The van der Waals surface area contributed by atoms with E-state index in [4.69, 9.17) is 4.74 Å². The first-order valence-corrected chi connectivity index (χ1v) is 12.0. The number of carbonyl (C=O) groups is 1. The highest BCUT2D eigenvalue weighted by Gasteiger charge is 2.24. The molecule has 1 aliphatic rings. The quantitative estimate of drug-likeness (QED) is 0.459. The number of hydrogen-bond donors (Lipinski definition) is 1. The van der Waals surface area contributed by atoms with Gasteiger partial charge in [0.15, 0.2) is 11.4 Å². The Labute approximate surface area is 198 Å². The molecule has 4 rings (SSSR count). The number of amides is 1. The smallest absolute Gasteiger partial charge is 0.270 e. The molecule has 6 nitrogen and oxygen atoms in total. The van der Waals surface area contributed by atoms with Gasteiger partial charge in [-0.2, -0.15) is 0 Å². The van der Waals surface area contributed by atoms with Crippen molar-refractivity contribution in [3.8, 4) is 5.75 Å².